The Morgan fingerprint density at radius 2 is 2.11 bits per heavy atom. The van der Waals surface area contributed by atoms with Crippen LogP contribution in [-0.2, 0) is 19.4 Å². The Hall–Kier alpha value is -0.350. The zero-order valence-electron chi connectivity index (χ0n) is 9.75. The molecule has 1 N–H and O–H groups in total. The minimum Gasteiger partial charge on any atom is -0.308 e. The standard InChI is InChI=1S/C14H13BrClNS/c15-11-6-14(18-8-11)7-17-13-4-9-1-2-12(16)3-10(9)5-13/h1-3,6,8,13,17H,4-5,7H2. The second kappa shape index (κ2) is 5.33. The summed E-state index contributed by atoms with van der Waals surface area (Å²) in [5, 5.41) is 6.59. The predicted molar refractivity (Wildman–Crippen MR) is 81.5 cm³/mol. The summed E-state index contributed by atoms with van der Waals surface area (Å²) in [6.45, 7) is 0.947. The van der Waals surface area contributed by atoms with Gasteiger partial charge < -0.3 is 5.32 Å². The van der Waals surface area contributed by atoms with Crippen LogP contribution in [0, 0.1) is 0 Å². The summed E-state index contributed by atoms with van der Waals surface area (Å²) in [6.07, 6.45) is 2.20. The maximum atomic E-state index is 6.02. The molecule has 0 radical (unpaired) electrons. The molecule has 1 heterocycles. The van der Waals surface area contributed by atoms with E-state index >= 15 is 0 Å². The minimum atomic E-state index is 0.541. The van der Waals surface area contributed by atoms with E-state index in [4.69, 9.17) is 11.6 Å². The SMILES string of the molecule is Clc1ccc2c(c1)CC(NCc1cc(Br)cs1)C2. The molecule has 2 aromatic rings. The first-order chi connectivity index (χ1) is 8.70. The third-order valence-electron chi connectivity index (χ3n) is 3.29. The van der Waals surface area contributed by atoms with Crippen LogP contribution in [0.5, 0.6) is 0 Å². The number of halogens is 2. The van der Waals surface area contributed by atoms with E-state index in [-0.39, 0.29) is 0 Å². The summed E-state index contributed by atoms with van der Waals surface area (Å²) < 4.78 is 1.17. The quantitative estimate of drug-likeness (QED) is 0.870. The molecule has 0 spiro atoms. The largest absolute Gasteiger partial charge is 0.308 e. The molecule has 0 saturated heterocycles. The molecular formula is C14H13BrClNS. The number of hydrogen-bond acceptors (Lipinski definition) is 2. The second-order valence-electron chi connectivity index (χ2n) is 4.63. The summed E-state index contributed by atoms with van der Waals surface area (Å²) in [5.74, 6) is 0. The Labute approximate surface area is 124 Å². The Bertz CT molecular complexity index is 567. The maximum Gasteiger partial charge on any atom is 0.0408 e. The molecule has 0 aliphatic heterocycles. The first kappa shape index (κ1) is 12.7. The Balaban J connectivity index is 1.61. The molecule has 1 aliphatic rings. The molecule has 1 unspecified atom stereocenters. The van der Waals surface area contributed by atoms with Crippen LogP contribution < -0.4 is 5.32 Å². The molecular weight excluding hydrogens is 330 g/mol. The van der Waals surface area contributed by atoms with Gasteiger partial charge in [-0.05, 0) is 58.1 Å². The van der Waals surface area contributed by atoms with E-state index in [1.165, 1.54) is 20.5 Å². The predicted octanol–water partition coefficient (Wildman–Crippen LogP) is 4.42. The fraction of sp³-hybridized carbons (Fsp3) is 0.286. The minimum absolute atomic E-state index is 0.541. The van der Waals surface area contributed by atoms with Crippen molar-refractivity contribution in [3.8, 4) is 0 Å². The van der Waals surface area contributed by atoms with E-state index in [0.29, 0.717) is 6.04 Å². The topological polar surface area (TPSA) is 12.0 Å². The molecule has 1 aromatic carbocycles. The van der Waals surface area contributed by atoms with E-state index in [1.807, 2.05) is 6.07 Å². The molecule has 3 rings (SSSR count). The fourth-order valence-electron chi connectivity index (χ4n) is 2.42. The third kappa shape index (κ3) is 2.80. The van der Waals surface area contributed by atoms with E-state index in [0.717, 1.165) is 24.4 Å². The molecule has 0 saturated carbocycles. The van der Waals surface area contributed by atoms with Gasteiger partial charge in [0.25, 0.3) is 0 Å². The van der Waals surface area contributed by atoms with Gasteiger partial charge in [0.2, 0.25) is 0 Å². The van der Waals surface area contributed by atoms with Crippen molar-refractivity contribution < 1.29 is 0 Å². The van der Waals surface area contributed by atoms with Gasteiger partial charge >= 0.3 is 0 Å². The first-order valence-corrected chi connectivity index (χ1v) is 7.99. The van der Waals surface area contributed by atoms with Crippen LogP contribution in [0.25, 0.3) is 0 Å². The van der Waals surface area contributed by atoms with Crippen molar-refractivity contribution in [3.63, 3.8) is 0 Å². The van der Waals surface area contributed by atoms with Gasteiger partial charge in [-0.2, -0.15) is 0 Å². The van der Waals surface area contributed by atoms with Gasteiger partial charge in [0.15, 0.2) is 0 Å². The van der Waals surface area contributed by atoms with Crippen LogP contribution in [0.15, 0.2) is 34.1 Å². The molecule has 94 valence electrons. The Morgan fingerprint density at radius 1 is 1.28 bits per heavy atom. The van der Waals surface area contributed by atoms with Gasteiger partial charge in [-0.1, -0.05) is 17.7 Å². The van der Waals surface area contributed by atoms with Crippen LogP contribution in [0.2, 0.25) is 5.02 Å². The van der Waals surface area contributed by atoms with Crippen LogP contribution in [0.4, 0.5) is 0 Å². The van der Waals surface area contributed by atoms with Gasteiger partial charge in [0, 0.05) is 32.3 Å². The smallest absolute Gasteiger partial charge is 0.0408 e. The zero-order valence-corrected chi connectivity index (χ0v) is 12.9. The fourth-order valence-corrected chi connectivity index (χ4v) is 4.02. The average Bonchev–Trinajstić information content (AvgIpc) is 2.92. The maximum absolute atomic E-state index is 6.02. The summed E-state index contributed by atoms with van der Waals surface area (Å²) in [6, 6.07) is 8.95. The monoisotopic (exact) mass is 341 g/mol. The van der Waals surface area contributed by atoms with Crippen LogP contribution in [-0.4, -0.2) is 6.04 Å². The number of thiophene rings is 1. The lowest BCUT2D eigenvalue weighted by molar-refractivity contribution is 0.536. The highest BCUT2D eigenvalue weighted by molar-refractivity contribution is 9.10. The lowest BCUT2D eigenvalue weighted by atomic mass is 10.1. The third-order valence-corrected chi connectivity index (χ3v) is 5.22. The number of fused-ring (bicyclic) bond motifs is 1. The van der Waals surface area contributed by atoms with Crippen molar-refractivity contribution in [2.24, 2.45) is 0 Å². The first-order valence-electron chi connectivity index (χ1n) is 5.94. The highest BCUT2D eigenvalue weighted by Gasteiger charge is 2.20. The van der Waals surface area contributed by atoms with Crippen molar-refractivity contribution in [3.05, 3.63) is 55.1 Å². The molecule has 1 aliphatic carbocycles. The molecule has 4 heteroatoms. The second-order valence-corrected chi connectivity index (χ2v) is 6.98. The highest BCUT2D eigenvalue weighted by Crippen LogP contribution is 2.26. The Morgan fingerprint density at radius 3 is 2.89 bits per heavy atom. The molecule has 1 aromatic heterocycles. The van der Waals surface area contributed by atoms with E-state index in [2.05, 4.69) is 44.8 Å². The van der Waals surface area contributed by atoms with E-state index in [1.54, 1.807) is 11.3 Å². The van der Waals surface area contributed by atoms with Crippen LogP contribution in [0.3, 0.4) is 0 Å². The molecule has 1 atom stereocenters. The van der Waals surface area contributed by atoms with Crippen molar-refractivity contribution in [2.45, 2.75) is 25.4 Å². The Kier molecular flexibility index (Phi) is 3.76. The average molecular weight is 343 g/mol. The van der Waals surface area contributed by atoms with Gasteiger partial charge in [-0.25, -0.2) is 0 Å². The van der Waals surface area contributed by atoms with Gasteiger partial charge in [0.05, 0.1) is 0 Å². The summed E-state index contributed by atoms with van der Waals surface area (Å²) in [7, 11) is 0. The van der Waals surface area contributed by atoms with E-state index in [9.17, 15) is 0 Å². The van der Waals surface area contributed by atoms with Crippen LogP contribution in [0.1, 0.15) is 16.0 Å². The summed E-state index contributed by atoms with van der Waals surface area (Å²) >= 11 is 11.3. The molecule has 1 nitrogen and oxygen atoms in total. The normalized spacial score (nSPS) is 18.0. The molecule has 0 bridgehead atoms. The van der Waals surface area contributed by atoms with Gasteiger partial charge in [-0.3, -0.25) is 0 Å². The number of rotatable bonds is 3. The molecule has 0 fully saturated rings. The molecule has 0 amide bonds. The summed E-state index contributed by atoms with van der Waals surface area (Å²) in [5.41, 5.74) is 2.83. The van der Waals surface area contributed by atoms with Gasteiger partial charge in [-0.15, -0.1) is 11.3 Å². The van der Waals surface area contributed by atoms with Crippen molar-refractivity contribution in [2.75, 3.05) is 0 Å². The zero-order chi connectivity index (χ0) is 12.5. The highest BCUT2D eigenvalue weighted by atomic mass is 79.9. The number of hydrogen-bond donors (Lipinski definition) is 1. The molecule has 18 heavy (non-hydrogen) atoms. The number of nitrogens with one attached hydrogen (secondary N) is 1. The summed E-state index contributed by atoms with van der Waals surface area (Å²) in [4.78, 5) is 1.37. The number of benzene rings is 1. The van der Waals surface area contributed by atoms with Gasteiger partial charge in [0.1, 0.15) is 0 Å². The van der Waals surface area contributed by atoms with Crippen molar-refractivity contribution in [1.29, 1.82) is 0 Å². The van der Waals surface area contributed by atoms with Crippen molar-refractivity contribution >= 4 is 38.9 Å². The van der Waals surface area contributed by atoms with E-state index < -0.39 is 0 Å². The van der Waals surface area contributed by atoms with Crippen molar-refractivity contribution in [1.82, 2.24) is 5.32 Å². The lowest BCUT2D eigenvalue weighted by Gasteiger charge is -2.10. The lowest BCUT2D eigenvalue weighted by Crippen LogP contribution is -2.28. The van der Waals surface area contributed by atoms with Crippen LogP contribution >= 0.6 is 38.9 Å².